The maximum absolute atomic E-state index is 12.9. The Morgan fingerprint density at radius 2 is 2.09 bits per heavy atom. The van der Waals surface area contributed by atoms with Crippen molar-refractivity contribution in [3.05, 3.63) is 48.0 Å². The predicted octanol–water partition coefficient (Wildman–Crippen LogP) is 1.30. The standard InChI is InChI=1S/C21H26N4O4.CH2O2/c1-28-16-8-4-14(5-9-16)19-20(29-13-18(26)25(19)15-6-7-15)21(27)24-10-2-3-17-22-11-12-23-17;2-1-3/h4-5,8-9,11-12,15,19-20H,2-3,6-7,10,13H2,1H3,(H,22,23)(H,24,27);1H,(H,2,3)/t19-,20+;/m1./s1. The molecule has 1 aliphatic heterocycles. The first kappa shape index (κ1) is 23.3. The van der Waals surface area contributed by atoms with Crippen molar-refractivity contribution in [3.63, 3.8) is 0 Å². The fraction of sp³-hybridized carbons (Fsp3) is 0.455. The number of carbonyl (C=O) groups is 3. The molecule has 2 aromatic rings. The first-order valence-corrected chi connectivity index (χ1v) is 10.5. The Labute approximate surface area is 185 Å². The summed E-state index contributed by atoms with van der Waals surface area (Å²) < 4.78 is 11.0. The molecule has 1 aromatic carbocycles. The summed E-state index contributed by atoms with van der Waals surface area (Å²) in [6.45, 7) is 0.208. The summed E-state index contributed by atoms with van der Waals surface area (Å²) in [6, 6.07) is 7.25. The van der Waals surface area contributed by atoms with Gasteiger partial charge in [0.15, 0.2) is 6.10 Å². The van der Waals surface area contributed by atoms with E-state index < -0.39 is 12.1 Å². The zero-order valence-corrected chi connectivity index (χ0v) is 17.9. The van der Waals surface area contributed by atoms with Crippen LogP contribution in [-0.2, 0) is 25.5 Å². The Balaban J connectivity index is 0.000000913. The van der Waals surface area contributed by atoms with Crippen LogP contribution >= 0.6 is 0 Å². The summed E-state index contributed by atoms with van der Waals surface area (Å²) in [7, 11) is 1.61. The van der Waals surface area contributed by atoms with Crippen LogP contribution in [0.1, 0.15) is 36.7 Å². The molecule has 2 heterocycles. The zero-order chi connectivity index (χ0) is 22.9. The number of ether oxygens (including phenoxy) is 2. The third-order valence-electron chi connectivity index (χ3n) is 5.36. The van der Waals surface area contributed by atoms with E-state index in [1.54, 1.807) is 19.5 Å². The number of nitrogens with one attached hydrogen (secondary N) is 2. The van der Waals surface area contributed by atoms with Gasteiger partial charge in [-0.1, -0.05) is 12.1 Å². The fourth-order valence-electron chi connectivity index (χ4n) is 3.77. The first-order chi connectivity index (χ1) is 15.6. The van der Waals surface area contributed by atoms with Gasteiger partial charge in [-0.3, -0.25) is 14.4 Å². The predicted molar refractivity (Wildman–Crippen MR) is 114 cm³/mol. The average molecular weight is 444 g/mol. The Morgan fingerprint density at radius 3 is 2.69 bits per heavy atom. The van der Waals surface area contributed by atoms with Crippen molar-refractivity contribution >= 4 is 18.3 Å². The summed E-state index contributed by atoms with van der Waals surface area (Å²) in [5.41, 5.74) is 0.876. The molecule has 3 N–H and O–H groups in total. The molecule has 2 aliphatic rings. The summed E-state index contributed by atoms with van der Waals surface area (Å²) in [4.78, 5) is 43.0. The van der Waals surface area contributed by atoms with Crippen molar-refractivity contribution in [1.29, 1.82) is 0 Å². The van der Waals surface area contributed by atoms with Gasteiger partial charge in [0.1, 0.15) is 18.2 Å². The Bertz CT molecular complexity index is 882. The lowest BCUT2D eigenvalue weighted by Gasteiger charge is -2.40. The highest BCUT2D eigenvalue weighted by molar-refractivity contribution is 5.86. The van der Waals surface area contributed by atoms with E-state index in [1.165, 1.54) is 0 Å². The molecule has 1 saturated heterocycles. The molecule has 0 radical (unpaired) electrons. The van der Waals surface area contributed by atoms with Crippen molar-refractivity contribution in [2.24, 2.45) is 0 Å². The summed E-state index contributed by atoms with van der Waals surface area (Å²) in [5.74, 6) is 1.38. The Morgan fingerprint density at radius 1 is 1.38 bits per heavy atom. The van der Waals surface area contributed by atoms with Gasteiger partial charge in [-0.05, 0) is 37.0 Å². The number of nitrogens with zero attached hydrogens (tertiary/aromatic N) is 2. The Kier molecular flexibility index (Phi) is 8.20. The van der Waals surface area contributed by atoms with Gasteiger partial charge in [-0.2, -0.15) is 0 Å². The third-order valence-corrected chi connectivity index (χ3v) is 5.36. The van der Waals surface area contributed by atoms with E-state index in [2.05, 4.69) is 15.3 Å². The molecule has 32 heavy (non-hydrogen) atoms. The van der Waals surface area contributed by atoms with Gasteiger partial charge in [0.2, 0.25) is 5.91 Å². The van der Waals surface area contributed by atoms with Crippen molar-refractivity contribution in [2.45, 2.75) is 43.9 Å². The van der Waals surface area contributed by atoms with Crippen molar-refractivity contribution in [3.8, 4) is 5.75 Å². The number of carboxylic acid groups (broad SMARTS) is 1. The third kappa shape index (κ3) is 5.85. The second-order valence-corrected chi connectivity index (χ2v) is 7.52. The topological polar surface area (TPSA) is 134 Å². The quantitative estimate of drug-likeness (QED) is 0.413. The number of aromatic amines is 1. The number of aryl methyl sites for hydroxylation is 1. The van der Waals surface area contributed by atoms with Crippen LogP contribution in [0.3, 0.4) is 0 Å². The molecule has 1 aromatic heterocycles. The van der Waals surface area contributed by atoms with E-state index in [0.717, 1.165) is 42.8 Å². The van der Waals surface area contributed by atoms with Gasteiger partial charge < -0.3 is 29.8 Å². The molecule has 1 aliphatic carbocycles. The maximum Gasteiger partial charge on any atom is 0.290 e. The first-order valence-electron chi connectivity index (χ1n) is 10.5. The number of imidazole rings is 1. The SMILES string of the molecule is COc1ccc([C@@H]2[C@@H](C(=O)NCCCc3ncc[nH]3)OCC(=O)N2C2CC2)cc1.O=CO. The highest BCUT2D eigenvalue weighted by Crippen LogP contribution is 2.39. The molecule has 0 spiro atoms. The number of amides is 2. The molecular weight excluding hydrogens is 416 g/mol. The molecule has 0 unspecified atom stereocenters. The fourth-order valence-corrected chi connectivity index (χ4v) is 3.77. The number of aromatic nitrogens is 2. The summed E-state index contributed by atoms with van der Waals surface area (Å²) in [5, 5.41) is 9.85. The number of hydrogen-bond acceptors (Lipinski definition) is 6. The van der Waals surface area contributed by atoms with E-state index >= 15 is 0 Å². The van der Waals surface area contributed by atoms with Crippen LogP contribution in [0.15, 0.2) is 36.7 Å². The van der Waals surface area contributed by atoms with Crippen LogP contribution in [0.2, 0.25) is 0 Å². The number of H-pyrrole nitrogens is 1. The lowest BCUT2D eigenvalue weighted by Crippen LogP contribution is -2.55. The van der Waals surface area contributed by atoms with Crippen molar-refractivity contribution in [2.75, 3.05) is 20.3 Å². The molecule has 10 heteroatoms. The molecule has 2 amide bonds. The lowest BCUT2D eigenvalue weighted by atomic mass is 9.96. The van der Waals surface area contributed by atoms with Crippen LogP contribution < -0.4 is 10.1 Å². The van der Waals surface area contributed by atoms with Gasteiger partial charge in [0.05, 0.1) is 13.2 Å². The summed E-state index contributed by atoms with van der Waals surface area (Å²) in [6.07, 6.45) is 6.23. The second-order valence-electron chi connectivity index (χ2n) is 7.52. The van der Waals surface area contributed by atoms with Crippen LogP contribution in [-0.4, -0.2) is 70.7 Å². The average Bonchev–Trinajstić information content (AvgIpc) is 3.51. The van der Waals surface area contributed by atoms with Crippen LogP contribution in [0.5, 0.6) is 5.75 Å². The minimum absolute atomic E-state index is 0.0600. The number of hydrogen-bond donors (Lipinski definition) is 3. The molecular formula is C22H28N4O6. The number of rotatable bonds is 8. The highest BCUT2D eigenvalue weighted by Gasteiger charge is 2.47. The molecule has 4 rings (SSSR count). The normalized spacial score (nSPS) is 20.2. The number of morpholine rings is 1. The monoisotopic (exact) mass is 444 g/mol. The van der Waals surface area contributed by atoms with E-state index in [0.29, 0.717) is 6.54 Å². The van der Waals surface area contributed by atoms with Crippen LogP contribution in [0.4, 0.5) is 0 Å². The van der Waals surface area contributed by atoms with Crippen molar-refractivity contribution in [1.82, 2.24) is 20.2 Å². The summed E-state index contributed by atoms with van der Waals surface area (Å²) >= 11 is 0. The minimum Gasteiger partial charge on any atom is -0.497 e. The molecule has 0 bridgehead atoms. The number of methoxy groups -OCH3 is 1. The largest absolute Gasteiger partial charge is 0.497 e. The van der Waals surface area contributed by atoms with Gasteiger partial charge in [-0.25, -0.2) is 4.98 Å². The Hall–Kier alpha value is -3.40. The lowest BCUT2D eigenvalue weighted by molar-refractivity contribution is -0.165. The van der Waals surface area contributed by atoms with Crippen molar-refractivity contribution < 1.29 is 29.0 Å². The van der Waals surface area contributed by atoms with Crippen LogP contribution in [0.25, 0.3) is 0 Å². The van der Waals surface area contributed by atoms with Gasteiger partial charge in [-0.15, -0.1) is 0 Å². The second kappa shape index (κ2) is 11.3. The number of carbonyl (C=O) groups excluding carboxylic acids is 2. The van der Waals surface area contributed by atoms with E-state index in [9.17, 15) is 9.59 Å². The van der Waals surface area contributed by atoms with E-state index in [-0.39, 0.29) is 30.9 Å². The van der Waals surface area contributed by atoms with Crippen LogP contribution in [0, 0.1) is 0 Å². The molecule has 2 fully saturated rings. The molecule has 10 nitrogen and oxygen atoms in total. The van der Waals surface area contributed by atoms with E-state index in [1.807, 2.05) is 29.2 Å². The highest BCUT2D eigenvalue weighted by atomic mass is 16.5. The molecule has 2 atom stereocenters. The minimum atomic E-state index is -0.731. The van der Waals surface area contributed by atoms with Gasteiger partial charge >= 0.3 is 0 Å². The van der Waals surface area contributed by atoms with Gasteiger partial charge in [0, 0.05) is 31.4 Å². The zero-order valence-electron chi connectivity index (χ0n) is 17.9. The van der Waals surface area contributed by atoms with E-state index in [4.69, 9.17) is 19.4 Å². The smallest absolute Gasteiger partial charge is 0.290 e. The molecule has 1 saturated carbocycles. The maximum atomic E-state index is 12.9. The molecule has 172 valence electrons. The number of benzene rings is 1. The van der Waals surface area contributed by atoms with Gasteiger partial charge in [0.25, 0.3) is 12.4 Å².